The molecule has 0 radical (unpaired) electrons. The summed E-state index contributed by atoms with van der Waals surface area (Å²) in [4.78, 5) is 23.5. The van der Waals surface area contributed by atoms with Crippen molar-refractivity contribution in [3.63, 3.8) is 0 Å². The molecule has 1 aliphatic rings. The molecule has 1 aromatic heterocycles. The highest BCUT2D eigenvalue weighted by molar-refractivity contribution is 6.15. The van der Waals surface area contributed by atoms with Crippen LogP contribution in [0.2, 0.25) is 0 Å². The Morgan fingerprint density at radius 1 is 1.24 bits per heavy atom. The number of esters is 2. The molecule has 0 saturated carbocycles. The van der Waals surface area contributed by atoms with E-state index in [9.17, 15) is 9.59 Å². The molecule has 0 amide bonds. The van der Waals surface area contributed by atoms with Crippen molar-refractivity contribution in [2.75, 3.05) is 5.32 Å². The lowest BCUT2D eigenvalue weighted by Gasteiger charge is -2.29. The van der Waals surface area contributed by atoms with Crippen LogP contribution in [0.3, 0.4) is 0 Å². The van der Waals surface area contributed by atoms with Crippen LogP contribution in [0.4, 0.5) is 5.69 Å². The Morgan fingerprint density at radius 3 is 2.67 bits per heavy atom. The second-order valence-corrected chi connectivity index (χ2v) is 5.05. The molecule has 0 unspecified atom stereocenters. The van der Waals surface area contributed by atoms with Crippen molar-refractivity contribution in [2.45, 2.75) is 19.6 Å². The van der Waals surface area contributed by atoms with Gasteiger partial charge in [-0.2, -0.15) is 5.10 Å². The van der Waals surface area contributed by atoms with Crippen molar-refractivity contribution in [1.29, 1.82) is 0 Å². The van der Waals surface area contributed by atoms with Gasteiger partial charge in [-0.05, 0) is 18.2 Å². The number of nitrogens with zero attached hydrogens (tertiary/aromatic N) is 1. The molecule has 108 valence electrons. The Labute approximate surface area is 119 Å². The number of ether oxygens (including phenoxy) is 2. The maximum Gasteiger partial charge on any atom is 0.350 e. The lowest BCUT2D eigenvalue weighted by Crippen LogP contribution is -2.42. The van der Waals surface area contributed by atoms with Gasteiger partial charge in [0, 0.05) is 31.1 Å². The van der Waals surface area contributed by atoms with Gasteiger partial charge in [0.2, 0.25) is 0 Å². The van der Waals surface area contributed by atoms with Crippen LogP contribution in [-0.2, 0) is 19.1 Å². The van der Waals surface area contributed by atoms with Gasteiger partial charge in [0.15, 0.2) is 5.57 Å². The predicted octanol–water partition coefficient (Wildman–Crippen LogP) is 1.69. The van der Waals surface area contributed by atoms with Crippen LogP contribution < -0.4 is 5.32 Å². The average Bonchev–Trinajstić information content (AvgIpc) is 2.83. The number of carbonyl (C=O) groups is 2. The number of hydrogen-bond donors (Lipinski definition) is 2. The standard InChI is InChI=1S/C14H13N3O4/c1-14(2)20-12(18)10(13(19)21-14)7-15-9-3-4-11-8(5-9)6-16-17-11/h3-7,15H,1-2H3,(H,16,17). The quantitative estimate of drug-likeness (QED) is 0.496. The van der Waals surface area contributed by atoms with Crippen molar-refractivity contribution in [3.05, 3.63) is 36.2 Å². The average molecular weight is 287 g/mol. The highest BCUT2D eigenvalue weighted by atomic mass is 16.7. The number of fused-ring (bicyclic) bond motifs is 1. The number of anilines is 1. The zero-order chi connectivity index (χ0) is 15.0. The number of H-pyrrole nitrogens is 1. The molecule has 7 heteroatoms. The summed E-state index contributed by atoms with van der Waals surface area (Å²) in [5, 5.41) is 10.5. The topological polar surface area (TPSA) is 93.3 Å². The van der Waals surface area contributed by atoms with Gasteiger partial charge in [-0.25, -0.2) is 9.59 Å². The van der Waals surface area contributed by atoms with Crippen molar-refractivity contribution in [2.24, 2.45) is 0 Å². The lowest BCUT2D eigenvalue weighted by molar-refractivity contribution is -0.222. The second-order valence-electron chi connectivity index (χ2n) is 5.05. The Balaban J connectivity index is 1.81. The first-order valence-corrected chi connectivity index (χ1v) is 6.31. The van der Waals surface area contributed by atoms with E-state index >= 15 is 0 Å². The van der Waals surface area contributed by atoms with Crippen LogP contribution >= 0.6 is 0 Å². The van der Waals surface area contributed by atoms with E-state index in [0.717, 1.165) is 10.9 Å². The van der Waals surface area contributed by atoms with Gasteiger partial charge >= 0.3 is 11.9 Å². The summed E-state index contributed by atoms with van der Waals surface area (Å²) >= 11 is 0. The lowest BCUT2D eigenvalue weighted by atomic mass is 10.2. The van der Waals surface area contributed by atoms with Crippen LogP contribution in [0.1, 0.15) is 13.8 Å². The summed E-state index contributed by atoms with van der Waals surface area (Å²) in [6.45, 7) is 3.00. The monoisotopic (exact) mass is 287 g/mol. The zero-order valence-corrected chi connectivity index (χ0v) is 11.5. The minimum Gasteiger partial charge on any atom is -0.419 e. The molecule has 2 N–H and O–H groups in total. The number of nitrogens with one attached hydrogen (secondary N) is 2. The van der Waals surface area contributed by atoms with Gasteiger partial charge < -0.3 is 14.8 Å². The van der Waals surface area contributed by atoms with Crippen LogP contribution in [0.25, 0.3) is 10.9 Å². The molecule has 1 fully saturated rings. The molecule has 3 rings (SSSR count). The summed E-state index contributed by atoms with van der Waals surface area (Å²) in [5.41, 5.74) is 1.43. The molecule has 2 aromatic rings. The van der Waals surface area contributed by atoms with Crippen molar-refractivity contribution < 1.29 is 19.1 Å². The van der Waals surface area contributed by atoms with Gasteiger partial charge in [0.25, 0.3) is 5.79 Å². The molecule has 1 aromatic carbocycles. The number of aromatic amines is 1. The van der Waals surface area contributed by atoms with E-state index in [-0.39, 0.29) is 5.57 Å². The molecule has 0 atom stereocenters. The first-order valence-electron chi connectivity index (χ1n) is 6.31. The Morgan fingerprint density at radius 2 is 1.95 bits per heavy atom. The van der Waals surface area contributed by atoms with Gasteiger partial charge in [-0.15, -0.1) is 0 Å². The predicted molar refractivity (Wildman–Crippen MR) is 74.1 cm³/mol. The number of aromatic nitrogens is 2. The number of hydrogen-bond acceptors (Lipinski definition) is 6. The molecule has 1 saturated heterocycles. The molecule has 1 aliphatic heterocycles. The van der Waals surface area contributed by atoms with Gasteiger partial charge in [0.05, 0.1) is 11.7 Å². The Bertz CT molecular complexity index is 738. The third kappa shape index (κ3) is 2.58. The second kappa shape index (κ2) is 4.62. The minimum absolute atomic E-state index is 0.179. The Kier molecular flexibility index (Phi) is 2.90. The summed E-state index contributed by atoms with van der Waals surface area (Å²) in [5.74, 6) is -2.66. The summed E-state index contributed by atoms with van der Waals surface area (Å²) in [6.07, 6.45) is 2.96. The largest absolute Gasteiger partial charge is 0.419 e. The molecule has 0 spiro atoms. The fourth-order valence-corrected chi connectivity index (χ4v) is 1.97. The van der Waals surface area contributed by atoms with Crippen molar-refractivity contribution in [1.82, 2.24) is 10.2 Å². The summed E-state index contributed by atoms with van der Waals surface area (Å²) in [7, 11) is 0. The number of rotatable bonds is 2. The van der Waals surface area contributed by atoms with Crippen LogP contribution in [-0.4, -0.2) is 27.9 Å². The highest BCUT2D eigenvalue weighted by Gasteiger charge is 2.38. The SMILES string of the molecule is CC1(C)OC(=O)C(=CNc2ccc3[nH]ncc3c2)C(=O)O1. The summed E-state index contributed by atoms with van der Waals surface area (Å²) < 4.78 is 10.00. The highest BCUT2D eigenvalue weighted by Crippen LogP contribution is 2.23. The van der Waals surface area contributed by atoms with E-state index in [4.69, 9.17) is 9.47 Å². The smallest absolute Gasteiger partial charge is 0.350 e. The first-order chi connectivity index (χ1) is 9.94. The van der Waals surface area contributed by atoms with E-state index < -0.39 is 17.7 Å². The number of carbonyl (C=O) groups excluding carboxylic acids is 2. The molecule has 21 heavy (non-hydrogen) atoms. The van der Waals surface area contributed by atoms with Gasteiger partial charge in [-0.3, -0.25) is 5.10 Å². The normalized spacial score (nSPS) is 17.3. The van der Waals surface area contributed by atoms with E-state index in [2.05, 4.69) is 15.5 Å². The zero-order valence-electron chi connectivity index (χ0n) is 11.5. The van der Waals surface area contributed by atoms with Crippen LogP contribution in [0.5, 0.6) is 0 Å². The van der Waals surface area contributed by atoms with Crippen molar-refractivity contribution >= 4 is 28.5 Å². The minimum atomic E-state index is -1.23. The van der Waals surface area contributed by atoms with Gasteiger partial charge in [0.1, 0.15) is 0 Å². The molecule has 0 aliphatic carbocycles. The van der Waals surface area contributed by atoms with E-state index in [0.29, 0.717) is 5.69 Å². The third-order valence-corrected chi connectivity index (χ3v) is 2.94. The molecular formula is C14H13N3O4. The first kappa shape index (κ1) is 13.2. The molecule has 2 heterocycles. The fraction of sp³-hybridized carbons (Fsp3) is 0.214. The third-order valence-electron chi connectivity index (χ3n) is 2.94. The van der Waals surface area contributed by atoms with Crippen LogP contribution in [0.15, 0.2) is 36.2 Å². The van der Waals surface area contributed by atoms with Gasteiger partial charge in [-0.1, -0.05) is 0 Å². The maximum absolute atomic E-state index is 11.8. The maximum atomic E-state index is 11.8. The molecular weight excluding hydrogens is 274 g/mol. The molecule has 0 bridgehead atoms. The van der Waals surface area contributed by atoms with Crippen molar-refractivity contribution in [3.8, 4) is 0 Å². The fourth-order valence-electron chi connectivity index (χ4n) is 1.97. The number of cyclic esters (lactones) is 2. The molecule has 7 nitrogen and oxygen atoms in total. The van der Waals surface area contributed by atoms with E-state index in [1.165, 1.54) is 20.0 Å². The summed E-state index contributed by atoms with van der Waals surface area (Å²) in [6, 6.07) is 5.46. The number of benzene rings is 1. The van der Waals surface area contributed by atoms with E-state index in [1.807, 2.05) is 12.1 Å². The Hall–Kier alpha value is -2.83. The van der Waals surface area contributed by atoms with E-state index in [1.54, 1.807) is 12.3 Å². The van der Waals surface area contributed by atoms with Crippen LogP contribution in [0, 0.1) is 0 Å².